The van der Waals surface area contributed by atoms with Gasteiger partial charge in [-0.15, -0.1) is 0 Å². The maximum absolute atomic E-state index is 11.9. The Balaban J connectivity index is 1.56. The van der Waals surface area contributed by atoms with Crippen LogP contribution in [0.3, 0.4) is 0 Å². The van der Waals surface area contributed by atoms with Crippen molar-refractivity contribution in [1.29, 1.82) is 0 Å². The Hall–Kier alpha value is -2.34. The molecule has 1 heterocycles. The Kier molecular flexibility index (Phi) is 4.62. The molecule has 2 atom stereocenters. The van der Waals surface area contributed by atoms with Gasteiger partial charge in [-0.1, -0.05) is 12.1 Å². The zero-order valence-electron chi connectivity index (χ0n) is 13.1. The van der Waals surface area contributed by atoms with Crippen molar-refractivity contribution in [3.63, 3.8) is 0 Å². The van der Waals surface area contributed by atoms with E-state index in [2.05, 4.69) is 15.6 Å². The summed E-state index contributed by atoms with van der Waals surface area (Å²) in [6.45, 7) is 2.24. The summed E-state index contributed by atoms with van der Waals surface area (Å²) in [4.78, 5) is 16.0. The highest BCUT2D eigenvalue weighted by Crippen LogP contribution is 2.32. The first-order chi connectivity index (χ1) is 11.1. The quantitative estimate of drug-likeness (QED) is 0.763. The minimum atomic E-state index is -0.430. The van der Waals surface area contributed by atoms with Crippen LogP contribution in [-0.4, -0.2) is 33.3 Å². The van der Waals surface area contributed by atoms with Crippen LogP contribution in [0.4, 0.5) is 4.79 Å². The SMILES string of the molecule is CC(NC(=O)NCC(O)C1CC1)c1cccc(-n2ccnc2)c1. The van der Waals surface area contributed by atoms with Crippen LogP contribution in [-0.2, 0) is 0 Å². The maximum Gasteiger partial charge on any atom is 0.315 e. The molecular formula is C17H22N4O2. The van der Waals surface area contributed by atoms with Crippen LogP contribution in [0.1, 0.15) is 31.4 Å². The lowest BCUT2D eigenvalue weighted by Crippen LogP contribution is -2.41. The fourth-order valence-corrected chi connectivity index (χ4v) is 2.54. The highest BCUT2D eigenvalue weighted by atomic mass is 16.3. The Labute approximate surface area is 135 Å². The number of rotatable bonds is 6. The number of carbonyl (C=O) groups excluding carboxylic acids is 1. The van der Waals surface area contributed by atoms with Crippen molar-refractivity contribution in [2.75, 3.05) is 6.54 Å². The second-order valence-electron chi connectivity index (χ2n) is 6.05. The van der Waals surface area contributed by atoms with E-state index in [0.29, 0.717) is 12.5 Å². The van der Waals surface area contributed by atoms with Gasteiger partial charge in [0, 0.05) is 24.6 Å². The largest absolute Gasteiger partial charge is 0.391 e. The number of aromatic nitrogens is 2. The van der Waals surface area contributed by atoms with E-state index in [0.717, 1.165) is 24.1 Å². The Bertz CT molecular complexity index is 652. The molecule has 0 spiro atoms. The number of nitrogens with zero attached hydrogens (tertiary/aromatic N) is 2. The molecule has 0 saturated heterocycles. The van der Waals surface area contributed by atoms with Gasteiger partial charge in [-0.25, -0.2) is 9.78 Å². The van der Waals surface area contributed by atoms with E-state index in [1.807, 2.05) is 42.0 Å². The zero-order valence-corrected chi connectivity index (χ0v) is 13.1. The maximum atomic E-state index is 11.9. The third-order valence-corrected chi connectivity index (χ3v) is 4.16. The van der Waals surface area contributed by atoms with Crippen LogP contribution in [0.5, 0.6) is 0 Å². The molecule has 1 aliphatic rings. The Morgan fingerprint density at radius 1 is 1.48 bits per heavy atom. The molecular weight excluding hydrogens is 292 g/mol. The molecule has 0 aliphatic heterocycles. The average Bonchev–Trinajstić information content (AvgIpc) is 3.27. The molecule has 23 heavy (non-hydrogen) atoms. The molecule has 1 fully saturated rings. The van der Waals surface area contributed by atoms with Crippen LogP contribution in [0.25, 0.3) is 5.69 Å². The molecule has 2 unspecified atom stereocenters. The molecule has 6 heteroatoms. The number of aliphatic hydroxyl groups excluding tert-OH is 1. The lowest BCUT2D eigenvalue weighted by atomic mass is 10.1. The van der Waals surface area contributed by atoms with E-state index in [4.69, 9.17) is 0 Å². The second-order valence-corrected chi connectivity index (χ2v) is 6.05. The predicted octanol–water partition coefficient (Wildman–Crippen LogP) is 2.00. The van der Waals surface area contributed by atoms with E-state index in [-0.39, 0.29) is 12.1 Å². The monoisotopic (exact) mass is 314 g/mol. The second kappa shape index (κ2) is 6.83. The van der Waals surface area contributed by atoms with E-state index >= 15 is 0 Å². The summed E-state index contributed by atoms with van der Waals surface area (Å²) in [6, 6.07) is 7.55. The first kappa shape index (κ1) is 15.6. The molecule has 1 aromatic carbocycles. The molecule has 1 aliphatic carbocycles. The molecule has 2 aromatic rings. The van der Waals surface area contributed by atoms with Crippen molar-refractivity contribution in [1.82, 2.24) is 20.2 Å². The van der Waals surface area contributed by atoms with Gasteiger partial charge >= 0.3 is 6.03 Å². The summed E-state index contributed by atoms with van der Waals surface area (Å²) < 4.78 is 1.92. The predicted molar refractivity (Wildman–Crippen MR) is 87.2 cm³/mol. The summed E-state index contributed by atoms with van der Waals surface area (Å²) in [5.74, 6) is 0.361. The average molecular weight is 314 g/mol. The molecule has 0 bridgehead atoms. The molecule has 0 radical (unpaired) electrons. The zero-order chi connectivity index (χ0) is 16.2. The Morgan fingerprint density at radius 3 is 3.00 bits per heavy atom. The number of nitrogens with one attached hydrogen (secondary N) is 2. The Morgan fingerprint density at radius 2 is 2.30 bits per heavy atom. The highest BCUT2D eigenvalue weighted by molar-refractivity contribution is 5.74. The minimum Gasteiger partial charge on any atom is -0.391 e. The molecule has 122 valence electrons. The lowest BCUT2D eigenvalue weighted by molar-refractivity contribution is 0.149. The van der Waals surface area contributed by atoms with Gasteiger partial charge in [-0.05, 0) is 43.4 Å². The van der Waals surface area contributed by atoms with Crippen LogP contribution < -0.4 is 10.6 Å². The third-order valence-electron chi connectivity index (χ3n) is 4.16. The molecule has 3 rings (SSSR count). The fraction of sp³-hybridized carbons (Fsp3) is 0.412. The first-order valence-electron chi connectivity index (χ1n) is 7.94. The number of hydrogen-bond donors (Lipinski definition) is 3. The summed E-state index contributed by atoms with van der Waals surface area (Å²) in [5, 5.41) is 15.4. The van der Waals surface area contributed by atoms with Crippen molar-refractivity contribution in [2.24, 2.45) is 5.92 Å². The van der Waals surface area contributed by atoms with Crippen LogP contribution in [0.2, 0.25) is 0 Å². The van der Waals surface area contributed by atoms with Gasteiger partial charge in [-0.3, -0.25) is 0 Å². The lowest BCUT2D eigenvalue weighted by Gasteiger charge is -2.17. The summed E-state index contributed by atoms with van der Waals surface area (Å²) in [5.41, 5.74) is 2.01. The molecule has 6 nitrogen and oxygen atoms in total. The standard InChI is InChI=1S/C17H22N4O2/c1-12(20-17(23)19-10-16(22)13-5-6-13)14-3-2-4-15(9-14)21-8-7-18-11-21/h2-4,7-9,11-13,16,22H,5-6,10H2,1H3,(H2,19,20,23). The fourth-order valence-electron chi connectivity index (χ4n) is 2.54. The van der Waals surface area contributed by atoms with Crippen molar-refractivity contribution in [2.45, 2.75) is 31.9 Å². The van der Waals surface area contributed by atoms with E-state index in [9.17, 15) is 9.90 Å². The number of hydrogen-bond acceptors (Lipinski definition) is 3. The van der Waals surface area contributed by atoms with Gasteiger partial charge in [0.05, 0.1) is 18.5 Å². The van der Waals surface area contributed by atoms with Crippen LogP contribution in [0.15, 0.2) is 43.0 Å². The van der Waals surface area contributed by atoms with Gasteiger partial charge in [0.25, 0.3) is 0 Å². The molecule has 2 amide bonds. The van der Waals surface area contributed by atoms with Gasteiger partial charge in [0.2, 0.25) is 0 Å². The number of amides is 2. The van der Waals surface area contributed by atoms with Crippen molar-refractivity contribution < 1.29 is 9.90 Å². The third kappa shape index (κ3) is 4.10. The number of aliphatic hydroxyl groups is 1. The van der Waals surface area contributed by atoms with E-state index in [1.54, 1.807) is 12.5 Å². The van der Waals surface area contributed by atoms with Gasteiger partial charge in [0.1, 0.15) is 0 Å². The number of urea groups is 1. The van der Waals surface area contributed by atoms with Gasteiger partial charge < -0.3 is 20.3 Å². The molecule has 1 aromatic heterocycles. The van der Waals surface area contributed by atoms with Crippen molar-refractivity contribution in [3.05, 3.63) is 48.5 Å². The van der Waals surface area contributed by atoms with Crippen molar-refractivity contribution >= 4 is 6.03 Å². The highest BCUT2D eigenvalue weighted by Gasteiger charge is 2.29. The van der Waals surface area contributed by atoms with Gasteiger partial charge in [-0.2, -0.15) is 0 Å². The first-order valence-corrected chi connectivity index (χ1v) is 7.94. The number of carbonyl (C=O) groups is 1. The summed E-state index contributed by atoms with van der Waals surface area (Å²) >= 11 is 0. The van der Waals surface area contributed by atoms with Crippen molar-refractivity contribution in [3.8, 4) is 5.69 Å². The number of benzene rings is 1. The molecule has 1 saturated carbocycles. The molecule has 3 N–H and O–H groups in total. The van der Waals surface area contributed by atoms with Crippen LogP contribution in [0, 0.1) is 5.92 Å². The van der Waals surface area contributed by atoms with Gasteiger partial charge in [0.15, 0.2) is 0 Å². The van der Waals surface area contributed by atoms with E-state index in [1.165, 1.54) is 0 Å². The normalized spacial score (nSPS) is 16.6. The van der Waals surface area contributed by atoms with Crippen LogP contribution >= 0.6 is 0 Å². The smallest absolute Gasteiger partial charge is 0.315 e. The topological polar surface area (TPSA) is 79.2 Å². The summed E-state index contributed by atoms with van der Waals surface area (Å²) in [6.07, 6.45) is 7.03. The summed E-state index contributed by atoms with van der Waals surface area (Å²) in [7, 11) is 0. The van der Waals surface area contributed by atoms with E-state index < -0.39 is 6.10 Å². The number of imidazole rings is 1. The minimum absolute atomic E-state index is 0.128.